The van der Waals surface area contributed by atoms with Gasteiger partial charge >= 0.3 is 0 Å². The molecule has 1 amide bonds. The van der Waals surface area contributed by atoms with Gasteiger partial charge in [0.2, 0.25) is 5.91 Å². The van der Waals surface area contributed by atoms with Gasteiger partial charge in [0, 0.05) is 24.9 Å². The number of benzene rings is 1. The van der Waals surface area contributed by atoms with Crippen molar-refractivity contribution in [1.82, 2.24) is 4.90 Å². The fraction of sp³-hybridized carbons (Fsp3) is 0.400. The fourth-order valence-corrected chi connectivity index (χ4v) is 1.99. The third-order valence-electron chi connectivity index (χ3n) is 3.62. The average Bonchev–Trinajstić information content (AvgIpc) is 3.20. The Morgan fingerprint density at radius 2 is 2.00 bits per heavy atom. The van der Waals surface area contributed by atoms with Crippen LogP contribution in [0.3, 0.4) is 0 Å². The highest BCUT2D eigenvalue weighted by atomic mass is 16.2. The lowest BCUT2D eigenvalue weighted by atomic mass is 10.1. The second kappa shape index (κ2) is 5.25. The maximum Gasteiger partial charge on any atom is 0.246 e. The van der Waals surface area contributed by atoms with E-state index >= 15 is 0 Å². The van der Waals surface area contributed by atoms with Crippen molar-refractivity contribution in [2.24, 2.45) is 5.92 Å². The Kier molecular flexibility index (Phi) is 3.70. The van der Waals surface area contributed by atoms with Crippen LogP contribution in [0.4, 0.5) is 5.69 Å². The molecule has 96 valence electrons. The Balaban J connectivity index is 1.95. The molecule has 1 aliphatic carbocycles. The number of rotatable bonds is 4. The van der Waals surface area contributed by atoms with Gasteiger partial charge in [-0.2, -0.15) is 0 Å². The van der Waals surface area contributed by atoms with Crippen molar-refractivity contribution < 1.29 is 4.79 Å². The standard InChI is InChI=1S/C15H20N2O/c1-11(13-6-7-13)17(2)15(18)10-5-12-3-8-14(16)9-4-12/h3-5,8-11,13H,6-7,16H2,1-2H3/b10-5+. The second-order valence-corrected chi connectivity index (χ2v) is 5.03. The number of carbonyl (C=O) groups excluding carboxylic acids is 1. The van der Waals surface area contributed by atoms with Gasteiger partial charge in [-0.05, 0) is 49.5 Å². The summed E-state index contributed by atoms with van der Waals surface area (Å²) in [6.45, 7) is 2.12. The van der Waals surface area contributed by atoms with Crippen molar-refractivity contribution in [2.45, 2.75) is 25.8 Å². The molecule has 1 aromatic carbocycles. The SMILES string of the molecule is CC(C1CC1)N(C)C(=O)/C=C/c1ccc(N)cc1. The summed E-state index contributed by atoms with van der Waals surface area (Å²) in [5.74, 6) is 0.759. The van der Waals surface area contributed by atoms with Gasteiger partial charge in [-0.1, -0.05) is 12.1 Å². The van der Waals surface area contributed by atoms with Crippen LogP contribution in [0.5, 0.6) is 0 Å². The third-order valence-corrected chi connectivity index (χ3v) is 3.62. The molecule has 1 aromatic rings. The number of anilines is 1. The summed E-state index contributed by atoms with van der Waals surface area (Å²) >= 11 is 0. The zero-order valence-corrected chi connectivity index (χ0v) is 11.0. The maximum atomic E-state index is 12.0. The van der Waals surface area contributed by atoms with Crippen LogP contribution in [0.1, 0.15) is 25.3 Å². The highest BCUT2D eigenvalue weighted by molar-refractivity contribution is 5.91. The molecule has 1 atom stereocenters. The van der Waals surface area contributed by atoms with E-state index < -0.39 is 0 Å². The summed E-state index contributed by atoms with van der Waals surface area (Å²) in [7, 11) is 1.87. The quantitative estimate of drug-likeness (QED) is 0.653. The van der Waals surface area contributed by atoms with E-state index in [1.165, 1.54) is 12.8 Å². The Morgan fingerprint density at radius 3 is 2.56 bits per heavy atom. The molecule has 1 fully saturated rings. The molecule has 3 nitrogen and oxygen atoms in total. The number of hydrogen-bond donors (Lipinski definition) is 1. The first-order valence-electron chi connectivity index (χ1n) is 6.38. The number of likely N-dealkylation sites (N-methyl/N-ethyl adjacent to an activating group) is 1. The van der Waals surface area contributed by atoms with E-state index in [-0.39, 0.29) is 5.91 Å². The lowest BCUT2D eigenvalue weighted by Crippen LogP contribution is -2.35. The van der Waals surface area contributed by atoms with Gasteiger partial charge in [-0.15, -0.1) is 0 Å². The summed E-state index contributed by atoms with van der Waals surface area (Å²) in [6, 6.07) is 7.82. The number of hydrogen-bond acceptors (Lipinski definition) is 2. The first kappa shape index (κ1) is 12.7. The molecule has 18 heavy (non-hydrogen) atoms. The molecule has 1 saturated carbocycles. The zero-order chi connectivity index (χ0) is 13.1. The molecular weight excluding hydrogens is 224 g/mol. The van der Waals surface area contributed by atoms with Gasteiger partial charge in [-0.3, -0.25) is 4.79 Å². The molecule has 0 bridgehead atoms. The zero-order valence-electron chi connectivity index (χ0n) is 11.0. The fourth-order valence-electron chi connectivity index (χ4n) is 1.99. The van der Waals surface area contributed by atoms with E-state index in [2.05, 4.69) is 6.92 Å². The summed E-state index contributed by atoms with van der Waals surface area (Å²) < 4.78 is 0. The van der Waals surface area contributed by atoms with Crippen LogP contribution in [0, 0.1) is 5.92 Å². The molecule has 2 N–H and O–H groups in total. The summed E-state index contributed by atoms with van der Waals surface area (Å²) in [5.41, 5.74) is 7.34. The molecule has 0 heterocycles. The normalized spacial score (nSPS) is 16.8. The summed E-state index contributed by atoms with van der Waals surface area (Å²) in [4.78, 5) is 13.8. The Labute approximate surface area is 108 Å². The number of nitrogens with two attached hydrogens (primary N) is 1. The maximum absolute atomic E-state index is 12.0. The van der Waals surface area contributed by atoms with Crippen LogP contribution < -0.4 is 5.73 Å². The topological polar surface area (TPSA) is 46.3 Å². The van der Waals surface area contributed by atoms with Crippen LogP contribution in [0.15, 0.2) is 30.3 Å². The number of carbonyl (C=O) groups is 1. The smallest absolute Gasteiger partial charge is 0.246 e. The van der Waals surface area contributed by atoms with Crippen molar-refractivity contribution in [3.63, 3.8) is 0 Å². The van der Waals surface area contributed by atoms with Gasteiger partial charge in [0.15, 0.2) is 0 Å². The first-order valence-corrected chi connectivity index (χ1v) is 6.38. The lowest BCUT2D eigenvalue weighted by molar-refractivity contribution is -0.126. The predicted molar refractivity (Wildman–Crippen MR) is 74.8 cm³/mol. The van der Waals surface area contributed by atoms with E-state index in [0.29, 0.717) is 12.0 Å². The molecule has 0 saturated heterocycles. The van der Waals surface area contributed by atoms with E-state index in [1.54, 1.807) is 6.08 Å². The lowest BCUT2D eigenvalue weighted by Gasteiger charge is -2.23. The predicted octanol–water partition coefficient (Wildman–Crippen LogP) is 2.54. The average molecular weight is 244 g/mol. The first-order chi connectivity index (χ1) is 8.58. The van der Waals surface area contributed by atoms with E-state index in [9.17, 15) is 4.79 Å². The van der Waals surface area contributed by atoms with Crippen LogP contribution >= 0.6 is 0 Å². The molecule has 1 unspecified atom stereocenters. The largest absolute Gasteiger partial charge is 0.399 e. The molecule has 1 aliphatic rings. The number of amides is 1. The van der Waals surface area contributed by atoms with Crippen molar-refractivity contribution in [2.75, 3.05) is 12.8 Å². The van der Waals surface area contributed by atoms with Crippen molar-refractivity contribution >= 4 is 17.7 Å². The van der Waals surface area contributed by atoms with E-state index in [0.717, 1.165) is 11.3 Å². The van der Waals surface area contributed by atoms with Crippen LogP contribution in [0.25, 0.3) is 6.08 Å². The minimum absolute atomic E-state index is 0.0613. The minimum atomic E-state index is 0.0613. The van der Waals surface area contributed by atoms with E-state index in [4.69, 9.17) is 5.73 Å². The molecular formula is C15H20N2O. The minimum Gasteiger partial charge on any atom is -0.399 e. The van der Waals surface area contributed by atoms with Gasteiger partial charge in [-0.25, -0.2) is 0 Å². The van der Waals surface area contributed by atoms with Crippen molar-refractivity contribution in [1.29, 1.82) is 0 Å². The van der Waals surface area contributed by atoms with Gasteiger partial charge in [0.1, 0.15) is 0 Å². The highest BCUT2D eigenvalue weighted by Crippen LogP contribution is 2.34. The monoisotopic (exact) mass is 244 g/mol. The van der Waals surface area contributed by atoms with Crippen LogP contribution in [-0.4, -0.2) is 23.9 Å². The summed E-state index contributed by atoms with van der Waals surface area (Å²) in [6.07, 6.45) is 5.96. The van der Waals surface area contributed by atoms with Crippen LogP contribution in [0.2, 0.25) is 0 Å². The molecule has 0 aromatic heterocycles. The third kappa shape index (κ3) is 3.13. The van der Waals surface area contributed by atoms with Crippen molar-refractivity contribution in [3.05, 3.63) is 35.9 Å². The van der Waals surface area contributed by atoms with Gasteiger partial charge in [0.05, 0.1) is 0 Å². The molecule has 0 aliphatic heterocycles. The number of nitrogen functional groups attached to an aromatic ring is 1. The van der Waals surface area contributed by atoms with Crippen molar-refractivity contribution in [3.8, 4) is 0 Å². The molecule has 2 rings (SSSR count). The van der Waals surface area contributed by atoms with Gasteiger partial charge < -0.3 is 10.6 Å². The highest BCUT2D eigenvalue weighted by Gasteiger charge is 2.31. The van der Waals surface area contributed by atoms with E-state index in [1.807, 2.05) is 42.3 Å². The van der Waals surface area contributed by atoms with Crippen LogP contribution in [-0.2, 0) is 4.79 Å². The summed E-state index contributed by atoms with van der Waals surface area (Å²) in [5, 5.41) is 0. The second-order valence-electron chi connectivity index (χ2n) is 5.03. The Bertz CT molecular complexity index is 446. The molecule has 3 heteroatoms. The Morgan fingerprint density at radius 1 is 1.39 bits per heavy atom. The molecule has 0 spiro atoms. The Hall–Kier alpha value is -1.77. The number of nitrogens with zero attached hydrogens (tertiary/aromatic N) is 1. The molecule has 0 radical (unpaired) electrons. The van der Waals surface area contributed by atoms with Gasteiger partial charge in [0.25, 0.3) is 0 Å².